The Balaban J connectivity index is 1.81. The molecule has 0 aliphatic carbocycles. The molecule has 0 radical (unpaired) electrons. The molecule has 0 bridgehead atoms. The number of nitrogens with zero attached hydrogens (tertiary/aromatic N) is 4. The zero-order chi connectivity index (χ0) is 20.3. The minimum absolute atomic E-state index is 0.00937. The fraction of sp³-hybridized carbons (Fsp3) is 0.118. The number of pyridine rings is 1. The number of halogens is 4. The molecule has 7 nitrogen and oxygen atoms in total. The molecule has 0 saturated heterocycles. The normalized spacial score (nSPS) is 14.5. The SMILES string of the molecule is NC(=Nc1ccc(F)c(C(F)(F)F)c1)C1=NCN=C1NC(=O)c1cccnc1. The van der Waals surface area contributed by atoms with E-state index in [1.165, 1.54) is 18.5 Å². The fourth-order valence-electron chi connectivity index (χ4n) is 2.30. The first-order valence-corrected chi connectivity index (χ1v) is 7.77. The number of nitrogens with two attached hydrogens (primary N) is 1. The number of amidine groups is 2. The minimum atomic E-state index is -4.88. The van der Waals surface area contributed by atoms with Crippen LogP contribution in [0.15, 0.2) is 57.7 Å². The molecule has 28 heavy (non-hydrogen) atoms. The molecule has 0 unspecified atom stereocenters. The molecule has 1 aromatic carbocycles. The summed E-state index contributed by atoms with van der Waals surface area (Å²) in [5.41, 5.74) is 4.40. The highest BCUT2D eigenvalue weighted by molar-refractivity contribution is 6.69. The molecular formula is C17H12F4N6O. The first-order chi connectivity index (χ1) is 13.3. The number of carbonyl (C=O) groups excluding carboxylic acids is 1. The van der Waals surface area contributed by atoms with Crippen LogP contribution >= 0.6 is 0 Å². The molecule has 3 N–H and O–H groups in total. The number of aromatic nitrogens is 1. The van der Waals surface area contributed by atoms with Crippen molar-refractivity contribution >= 4 is 29.0 Å². The maximum atomic E-state index is 13.4. The van der Waals surface area contributed by atoms with Gasteiger partial charge in [0.2, 0.25) is 0 Å². The van der Waals surface area contributed by atoms with Crippen LogP contribution in [-0.2, 0) is 6.18 Å². The van der Waals surface area contributed by atoms with E-state index in [1.54, 1.807) is 6.07 Å². The van der Waals surface area contributed by atoms with E-state index in [0.29, 0.717) is 12.1 Å². The van der Waals surface area contributed by atoms with Crippen LogP contribution in [0.3, 0.4) is 0 Å². The van der Waals surface area contributed by atoms with E-state index >= 15 is 0 Å². The van der Waals surface area contributed by atoms with E-state index in [-0.39, 0.29) is 35.3 Å². The van der Waals surface area contributed by atoms with Crippen molar-refractivity contribution in [1.29, 1.82) is 0 Å². The van der Waals surface area contributed by atoms with E-state index in [9.17, 15) is 22.4 Å². The number of hydrogen-bond donors (Lipinski definition) is 2. The van der Waals surface area contributed by atoms with Gasteiger partial charge in [-0.2, -0.15) is 13.2 Å². The van der Waals surface area contributed by atoms with Gasteiger partial charge in [-0.05, 0) is 30.3 Å². The van der Waals surface area contributed by atoms with Crippen LogP contribution < -0.4 is 11.1 Å². The standard InChI is InChI=1S/C17H12F4N6O/c18-12-4-3-10(6-11(12)17(19,20)21)26-14(22)13-15(25-8-24-13)27-16(28)9-2-1-5-23-7-9/h1-7H,8H2,(H2,22,26)(H,25,27,28). The number of aliphatic imine (C=N–C) groups is 3. The number of benzene rings is 1. The Morgan fingerprint density at radius 3 is 2.68 bits per heavy atom. The summed E-state index contributed by atoms with van der Waals surface area (Å²) < 4.78 is 51.8. The van der Waals surface area contributed by atoms with E-state index in [1.807, 2.05) is 0 Å². The lowest BCUT2D eigenvalue weighted by molar-refractivity contribution is -0.139. The Morgan fingerprint density at radius 2 is 2.00 bits per heavy atom. The molecule has 1 amide bonds. The molecule has 11 heteroatoms. The zero-order valence-electron chi connectivity index (χ0n) is 14.0. The number of carbonyl (C=O) groups is 1. The van der Waals surface area contributed by atoms with Crippen molar-refractivity contribution in [3.05, 3.63) is 59.7 Å². The van der Waals surface area contributed by atoms with E-state index in [4.69, 9.17) is 5.73 Å². The molecule has 0 spiro atoms. The molecule has 1 aromatic heterocycles. The quantitative estimate of drug-likeness (QED) is 0.476. The van der Waals surface area contributed by atoms with Crippen LogP contribution in [0.2, 0.25) is 0 Å². The second-order valence-corrected chi connectivity index (χ2v) is 5.51. The summed E-state index contributed by atoms with van der Waals surface area (Å²) in [5, 5.41) is 2.50. The third-order valence-corrected chi connectivity index (χ3v) is 3.59. The molecule has 1 aliphatic rings. The number of amides is 1. The highest BCUT2D eigenvalue weighted by Gasteiger charge is 2.34. The van der Waals surface area contributed by atoms with Gasteiger partial charge >= 0.3 is 6.18 Å². The molecule has 0 saturated carbocycles. The molecule has 1 aliphatic heterocycles. The number of hydrogen-bond acceptors (Lipinski definition) is 5. The van der Waals surface area contributed by atoms with Crippen molar-refractivity contribution in [3.63, 3.8) is 0 Å². The predicted molar refractivity (Wildman–Crippen MR) is 94.1 cm³/mol. The van der Waals surface area contributed by atoms with Crippen LogP contribution in [0.1, 0.15) is 15.9 Å². The summed E-state index contributed by atoms with van der Waals surface area (Å²) in [7, 11) is 0. The largest absolute Gasteiger partial charge is 0.419 e. The molecule has 144 valence electrons. The van der Waals surface area contributed by atoms with Gasteiger partial charge in [0.15, 0.2) is 11.7 Å². The summed E-state index contributed by atoms with van der Waals surface area (Å²) in [6, 6.07) is 5.32. The predicted octanol–water partition coefficient (Wildman–Crippen LogP) is 2.47. The van der Waals surface area contributed by atoms with Crippen molar-refractivity contribution < 1.29 is 22.4 Å². The molecule has 2 heterocycles. The third kappa shape index (κ3) is 4.19. The summed E-state index contributed by atoms with van der Waals surface area (Å²) in [6.07, 6.45) is -2.03. The lowest BCUT2D eigenvalue weighted by Crippen LogP contribution is -2.41. The van der Waals surface area contributed by atoms with Gasteiger partial charge in [-0.1, -0.05) is 0 Å². The smallest absolute Gasteiger partial charge is 0.382 e. The average Bonchev–Trinajstić information content (AvgIpc) is 3.11. The molecular weight excluding hydrogens is 380 g/mol. The minimum Gasteiger partial charge on any atom is -0.382 e. The third-order valence-electron chi connectivity index (χ3n) is 3.59. The van der Waals surface area contributed by atoms with Crippen LogP contribution in [0.4, 0.5) is 23.2 Å². The van der Waals surface area contributed by atoms with E-state index < -0.39 is 23.5 Å². The lowest BCUT2D eigenvalue weighted by Gasteiger charge is -2.09. The van der Waals surface area contributed by atoms with Crippen LogP contribution in [-0.4, -0.2) is 34.9 Å². The van der Waals surface area contributed by atoms with Gasteiger partial charge in [0.05, 0.1) is 16.8 Å². The summed E-state index contributed by atoms with van der Waals surface area (Å²) in [5.74, 6) is -2.19. The number of nitrogens with one attached hydrogen (secondary N) is 1. The van der Waals surface area contributed by atoms with Crippen LogP contribution in [0.25, 0.3) is 0 Å². The molecule has 0 fully saturated rings. The van der Waals surface area contributed by atoms with Gasteiger partial charge in [-0.25, -0.2) is 14.4 Å². The average molecular weight is 392 g/mol. The second-order valence-electron chi connectivity index (χ2n) is 5.51. The molecule has 0 atom stereocenters. The first kappa shape index (κ1) is 19.1. The first-order valence-electron chi connectivity index (χ1n) is 7.77. The van der Waals surface area contributed by atoms with Crippen LogP contribution in [0.5, 0.6) is 0 Å². The van der Waals surface area contributed by atoms with E-state index in [0.717, 1.165) is 6.07 Å². The Bertz CT molecular complexity index is 998. The van der Waals surface area contributed by atoms with E-state index in [2.05, 4.69) is 25.3 Å². The molecule has 2 aromatic rings. The Morgan fingerprint density at radius 1 is 1.21 bits per heavy atom. The van der Waals surface area contributed by atoms with Crippen LogP contribution in [0, 0.1) is 5.82 Å². The summed E-state index contributed by atoms with van der Waals surface area (Å²) in [6.45, 7) is -0.0363. The Kier molecular flexibility index (Phi) is 5.16. The Hall–Kier alpha value is -3.63. The number of alkyl halides is 3. The topological polar surface area (TPSA) is 105 Å². The summed E-state index contributed by atoms with van der Waals surface area (Å²) >= 11 is 0. The number of rotatable bonds is 3. The highest BCUT2D eigenvalue weighted by atomic mass is 19.4. The van der Waals surface area contributed by atoms with Gasteiger partial charge < -0.3 is 11.1 Å². The van der Waals surface area contributed by atoms with Gasteiger partial charge in [0.1, 0.15) is 18.2 Å². The molecule has 3 rings (SSSR count). The van der Waals surface area contributed by atoms with Crippen molar-refractivity contribution in [2.24, 2.45) is 20.7 Å². The van der Waals surface area contributed by atoms with Gasteiger partial charge in [0.25, 0.3) is 5.91 Å². The second kappa shape index (κ2) is 7.55. The van der Waals surface area contributed by atoms with Crippen molar-refractivity contribution in [3.8, 4) is 0 Å². The zero-order valence-corrected chi connectivity index (χ0v) is 14.0. The highest BCUT2D eigenvalue weighted by Crippen LogP contribution is 2.33. The monoisotopic (exact) mass is 392 g/mol. The van der Waals surface area contributed by atoms with Gasteiger partial charge in [-0.3, -0.25) is 14.8 Å². The maximum Gasteiger partial charge on any atom is 0.419 e. The van der Waals surface area contributed by atoms with Gasteiger partial charge in [-0.15, -0.1) is 0 Å². The van der Waals surface area contributed by atoms with Crippen molar-refractivity contribution in [2.75, 3.05) is 6.67 Å². The summed E-state index contributed by atoms with van der Waals surface area (Å²) in [4.78, 5) is 27.8. The van der Waals surface area contributed by atoms with Crippen molar-refractivity contribution in [2.45, 2.75) is 6.18 Å². The van der Waals surface area contributed by atoms with Gasteiger partial charge in [0, 0.05) is 12.4 Å². The lowest BCUT2D eigenvalue weighted by atomic mass is 10.2. The Labute approximate surface area is 155 Å². The maximum absolute atomic E-state index is 13.4. The fourth-order valence-corrected chi connectivity index (χ4v) is 2.30. The van der Waals surface area contributed by atoms with Crippen molar-refractivity contribution in [1.82, 2.24) is 10.3 Å².